The smallest absolute Gasteiger partial charge is 0.421 e. The summed E-state index contributed by atoms with van der Waals surface area (Å²) < 4.78 is 31.1. The van der Waals surface area contributed by atoms with Crippen molar-refractivity contribution >= 4 is 16.3 Å². The second kappa shape index (κ2) is 6.18. The molecule has 0 aliphatic rings. The Hall–Kier alpha value is -0.860. The van der Waals surface area contributed by atoms with E-state index in [1.54, 1.807) is 13.8 Å². The van der Waals surface area contributed by atoms with Crippen LogP contribution in [0.5, 0.6) is 0 Å². The lowest BCUT2D eigenvalue weighted by molar-refractivity contribution is 0.157. The largest absolute Gasteiger partial charge is 0.449 e. The van der Waals surface area contributed by atoms with Crippen molar-refractivity contribution in [1.82, 2.24) is 9.03 Å². The van der Waals surface area contributed by atoms with Crippen molar-refractivity contribution in [1.29, 1.82) is 0 Å². The molecule has 0 saturated heterocycles. The number of hydrogen-bond donors (Lipinski definition) is 2. The van der Waals surface area contributed by atoms with Gasteiger partial charge in [0.2, 0.25) is 0 Å². The molecule has 0 aromatic carbocycles. The van der Waals surface area contributed by atoms with Crippen LogP contribution in [0.15, 0.2) is 0 Å². The summed E-state index contributed by atoms with van der Waals surface area (Å²) in [6.07, 6.45) is -0.459. The molecule has 1 amide bonds. The Morgan fingerprint density at radius 3 is 2.35 bits per heavy atom. The molecule has 0 aliphatic heterocycles. The van der Waals surface area contributed by atoms with Crippen molar-refractivity contribution < 1.29 is 17.9 Å². The van der Waals surface area contributed by atoms with Gasteiger partial charge in [-0.1, -0.05) is 6.92 Å². The summed E-state index contributed by atoms with van der Waals surface area (Å²) in [6.45, 7) is 5.38. The van der Waals surface area contributed by atoms with E-state index in [0.29, 0.717) is 6.42 Å². The predicted molar refractivity (Wildman–Crippen MR) is 64.6 cm³/mol. The highest BCUT2D eigenvalue weighted by Crippen LogP contribution is 2.18. The Balaban J connectivity index is 4.88. The summed E-state index contributed by atoms with van der Waals surface area (Å²) in [4.78, 5) is 11.1. The van der Waals surface area contributed by atoms with E-state index in [9.17, 15) is 13.2 Å². The number of likely N-dealkylation sites (N-methyl/N-ethyl adjacent to an activating group) is 1. The maximum atomic E-state index is 11.8. The first-order chi connectivity index (χ1) is 7.73. The molecule has 17 heavy (non-hydrogen) atoms. The molecule has 0 heterocycles. The first-order valence-electron chi connectivity index (χ1n) is 5.37. The van der Waals surface area contributed by atoms with E-state index in [1.807, 2.05) is 11.6 Å². The van der Waals surface area contributed by atoms with Crippen molar-refractivity contribution in [3.8, 4) is 0 Å². The fraction of sp³-hybridized carbons (Fsp3) is 0.889. The van der Waals surface area contributed by atoms with Crippen molar-refractivity contribution in [3.63, 3.8) is 0 Å². The van der Waals surface area contributed by atoms with Crippen molar-refractivity contribution in [3.05, 3.63) is 0 Å². The van der Waals surface area contributed by atoms with Crippen LogP contribution in [0, 0.1) is 0 Å². The highest BCUT2D eigenvalue weighted by atomic mass is 32.2. The Morgan fingerprint density at radius 2 is 2.00 bits per heavy atom. The molecular formula is C9H21N3O4S. The number of nitrogens with zero attached hydrogens (tertiary/aromatic N) is 1. The maximum Gasteiger partial charge on any atom is 0.421 e. The van der Waals surface area contributed by atoms with Gasteiger partial charge < -0.3 is 10.5 Å². The number of nitrogens with one attached hydrogen (secondary N) is 1. The minimum atomic E-state index is -3.93. The van der Waals surface area contributed by atoms with Gasteiger partial charge in [-0.15, -0.1) is 0 Å². The summed E-state index contributed by atoms with van der Waals surface area (Å²) in [5.74, 6) is 0. The van der Waals surface area contributed by atoms with Crippen LogP contribution in [0.1, 0.15) is 27.2 Å². The van der Waals surface area contributed by atoms with Gasteiger partial charge in [0.25, 0.3) is 0 Å². The van der Waals surface area contributed by atoms with Gasteiger partial charge in [-0.3, -0.25) is 0 Å². The number of amides is 1. The molecule has 7 nitrogen and oxygen atoms in total. The van der Waals surface area contributed by atoms with E-state index >= 15 is 0 Å². The average Bonchev–Trinajstić information content (AvgIpc) is 2.26. The molecule has 8 heteroatoms. The molecule has 0 aromatic rings. The summed E-state index contributed by atoms with van der Waals surface area (Å²) >= 11 is 0. The lowest BCUT2D eigenvalue weighted by atomic mass is 10.00. The summed E-state index contributed by atoms with van der Waals surface area (Å²) in [5.41, 5.74) is 4.82. The van der Waals surface area contributed by atoms with E-state index in [-0.39, 0.29) is 13.2 Å². The van der Waals surface area contributed by atoms with Crippen LogP contribution in [0.4, 0.5) is 4.79 Å². The third-order valence-electron chi connectivity index (χ3n) is 2.81. The molecule has 0 saturated carbocycles. The van der Waals surface area contributed by atoms with Crippen LogP contribution in [0.25, 0.3) is 0 Å². The number of hydrogen-bond acceptors (Lipinski definition) is 5. The molecule has 0 aromatic heterocycles. The summed E-state index contributed by atoms with van der Waals surface area (Å²) in [5, 5.41) is 0. The number of rotatable bonds is 6. The monoisotopic (exact) mass is 267 g/mol. The van der Waals surface area contributed by atoms with Crippen LogP contribution >= 0.6 is 0 Å². The molecule has 1 unspecified atom stereocenters. The first kappa shape index (κ1) is 16.1. The fourth-order valence-corrected chi connectivity index (χ4v) is 2.31. The standard InChI is InChI=1S/C9H21N3O4S/c1-5-9(3,7-10)12(4)17(14,15)11-8(13)16-6-2/h5-7,10H2,1-4H3,(H,11,13). The SMILES string of the molecule is CCOC(=O)NS(=O)(=O)N(C)C(C)(CC)CN. The summed E-state index contributed by atoms with van der Waals surface area (Å²) in [6, 6.07) is 0. The minimum absolute atomic E-state index is 0.104. The second-order valence-electron chi connectivity index (χ2n) is 3.85. The van der Waals surface area contributed by atoms with Gasteiger partial charge in [0.05, 0.1) is 6.61 Å². The van der Waals surface area contributed by atoms with Gasteiger partial charge >= 0.3 is 16.3 Å². The maximum absolute atomic E-state index is 11.8. The van der Waals surface area contributed by atoms with Crippen LogP contribution in [0.3, 0.4) is 0 Å². The Morgan fingerprint density at radius 1 is 1.47 bits per heavy atom. The highest BCUT2D eigenvalue weighted by Gasteiger charge is 2.35. The zero-order valence-corrected chi connectivity index (χ0v) is 11.5. The highest BCUT2D eigenvalue weighted by molar-refractivity contribution is 7.87. The predicted octanol–water partition coefficient (Wildman–Crippen LogP) is 0.0365. The minimum Gasteiger partial charge on any atom is -0.449 e. The average molecular weight is 267 g/mol. The molecule has 0 aliphatic carbocycles. The molecule has 0 bridgehead atoms. The van der Waals surface area contributed by atoms with Crippen molar-refractivity contribution in [2.75, 3.05) is 20.2 Å². The van der Waals surface area contributed by atoms with Crippen LogP contribution < -0.4 is 10.5 Å². The van der Waals surface area contributed by atoms with E-state index in [1.165, 1.54) is 7.05 Å². The van der Waals surface area contributed by atoms with Gasteiger partial charge in [0.15, 0.2) is 0 Å². The molecule has 3 N–H and O–H groups in total. The van der Waals surface area contributed by atoms with Crippen LogP contribution in [-0.4, -0.2) is 44.6 Å². The van der Waals surface area contributed by atoms with Gasteiger partial charge in [-0.05, 0) is 20.3 Å². The van der Waals surface area contributed by atoms with Gasteiger partial charge in [-0.2, -0.15) is 12.7 Å². The number of nitrogens with two attached hydrogens (primary N) is 1. The molecule has 0 radical (unpaired) electrons. The number of ether oxygens (including phenoxy) is 1. The van der Waals surface area contributed by atoms with Crippen molar-refractivity contribution in [2.45, 2.75) is 32.7 Å². The van der Waals surface area contributed by atoms with Crippen molar-refractivity contribution in [2.24, 2.45) is 5.73 Å². The van der Waals surface area contributed by atoms with E-state index in [4.69, 9.17) is 5.73 Å². The first-order valence-corrected chi connectivity index (χ1v) is 6.81. The third-order valence-corrected chi connectivity index (χ3v) is 4.40. The number of carbonyl (C=O) groups excluding carboxylic acids is 1. The van der Waals surface area contributed by atoms with Gasteiger partial charge in [0.1, 0.15) is 0 Å². The Bertz CT molecular complexity index is 351. The van der Waals surface area contributed by atoms with Gasteiger partial charge in [-0.25, -0.2) is 9.52 Å². The fourth-order valence-electron chi connectivity index (χ4n) is 1.12. The quantitative estimate of drug-likeness (QED) is 0.707. The molecular weight excluding hydrogens is 246 g/mol. The zero-order valence-electron chi connectivity index (χ0n) is 10.7. The Kier molecular flexibility index (Phi) is 5.86. The Labute approximate surface area is 102 Å². The molecule has 0 rings (SSSR count). The summed E-state index contributed by atoms with van der Waals surface area (Å²) in [7, 11) is -2.56. The van der Waals surface area contributed by atoms with E-state index < -0.39 is 21.8 Å². The van der Waals surface area contributed by atoms with E-state index in [0.717, 1.165) is 4.31 Å². The lowest BCUT2D eigenvalue weighted by Gasteiger charge is -2.35. The van der Waals surface area contributed by atoms with Crippen LogP contribution in [0.2, 0.25) is 0 Å². The molecule has 0 fully saturated rings. The number of carbonyl (C=O) groups is 1. The third kappa shape index (κ3) is 4.14. The second-order valence-corrected chi connectivity index (χ2v) is 5.55. The normalized spacial score (nSPS) is 15.4. The van der Waals surface area contributed by atoms with E-state index in [2.05, 4.69) is 4.74 Å². The van der Waals surface area contributed by atoms with Gasteiger partial charge in [0, 0.05) is 19.1 Å². The van der Waals surface area contributed by atoms with Crippen LogP contribution in [-0.2, 0) is 14.9 Å². The molecule has 102 valence electrons. The lowest BCUT2D eigenvalue weighted by Crippen LogP contribution is -2.56. The molecule has 1 atom stereocenters. The topological polar surface area (TPSA) is 102 Å². The zero-order chi connectivity index (χ0) is 13.7. The molecule has 0 spiro atoms.